The molecule has 0 aliphatic carbocycles. The quantitative estimate of drug-likeness (QED) is 0.681. The van der Waals surface area contributed by atoms with Crippen LogP contribution in [0.2, 0.25) is 0 Å². The number of methoxy groups -OCH3 is 1. The largest absolute Gasteiger partial charge is 0.491 e. The summed E-state index contributed by atoms with van der Waals surface area (Å²) in [5.41, 5.74) is 2.62. The number of nitrogens with zero attached hydrogens (tertiary/aromatic N) is 4. The van der Waals surface area contributed by atoms with Crippen molar-refractivity contribution in [3.63, 3.8) is 0 Å². The lowest BCUT2D eigenvalue weighted by atomic mass is 10.2. The third-order valence-electron chi connectivity index (χ3n) is 3.39. The first-order valence-corrected chi connectivity index (χ1v) is 7.51. The van der Waals surface area contributed by atoms with Gasteiger partial charge in [0.2, 0.25) is 0 Å². The molecule has 0 unspecified atom stereocenters. The highest BCUT2D eigenvalue weighted by Crippen LogP contribution is 2.25. The fourth-order valence-corrected chi connectivity index (χ4v) is 2.36. The van der Waals surface area contributed by atoms with Gasteiger partial charge in [-0.3, -0.25) is 0 Å². The standard InChI is InChI=1S/C16H19N5O3/c1-11-7-12(3-4-14(11)24-6-5-22)19-15-8-13(9-23-2)20-16-17-10-18-21(15)16/h3-4,7-8,10,19,22H,5-6,9H2,1-2H3. The molecular weight excluding hydrogens is 310 g/mol. The summed E-state index contributed by atoms with van der Waals surface area (Å²) in [4.78, 5) is 8.50. The predicted molar refractivity (Wildman–Crippen MR) is 88.5 cm³/mol. The van der Waals surface area contributed by atoms with Crippen LogP contribution in [0.4, 0.5) is 11.5 Å². The molecule has 3 aromatic rings. The average molecular weight is 329 g/mol. The number of rotatable bonds is 7. The van der Waals surface area contributed by atoms with Gasteiger partial charge in [-0.05, 0) is 30.7 Å². The third kappa shape index (κ3) is 3.44. The molecule has 0 atom stereocenters. The lowest BCUT2D eigenvalue weighted by Crippen LogP contribution is -2.06. The smallest absolute Gasteiger partial charge is 0.254 e. The predicted octanol–water partition coefficient (Wildman–Crippen LogP) is 1.69. The first kappa shape index (κ1) is 16.2. The molecule has 2 N–H and O–H groups in total. The normalized spacial score (nSPS) is 11.0. The van der Waals surface area contributed by atoms with Crippen molar-refractivity contribution >= 4 is 17.3 Å². The minimum absolute atomic E-state index is 0.0109. The fourth-order valence-electron chi connectivity index (χ4n) is 2.36. The second-order valence-corrected chi connectivity index (χ2v) is 5.21. The molecule has 2 heterocycles. The number of aliphatic hydroxyl groups is 1. The molecule has 126 valence electrons. The van der Waals surface area contributed by atoms with Gasteiger partial charge in [0.05, 0.1) is 18.9 Å². The number of hydrogen-bond donors (Lipinski definition) is 2. The molecule has 0 fully saturated rings. The van der Waals surface area contributed by atoms with Crippen molar-refractivity contribution in [2.75, 3.05) is 25.6 Å². The monoisotopic (exact) mass is 329 g/mol. The Morgan fingerprint density at radius 2 is 2.17 bits per heavy atom. The SMILES string of the molecule is COCc1cc(Nc2ccc(OCCO)c(C)c2)n2ncnc2n1. The summed E-state index contributed by atoms with van der Waals surface area (Å²) in [5.74, 6) is 2.00. The molecule has 0 aliphatic rings. The summed E-state index contributed by atoms with van der Waals surface area (Å²) in [5, 5.41) is 16.3. The summed E-state index contributed by atoms with van der Waals surface area (Å²) in [6, 6.07) is 7.60. The molecule has 0 aliphatic heterocycles. The summed E-state index contributed by atoms with van der Waals surface area (Å²) in [6.07, 6.45) is 1.46. The Labute approximate surface area is 139 Å². The van der Waals surface area contributed by atoms with Crippen LogP contribution in [-0.4, -0.2) is 45.0 Å². The van der Waals surface area contributed by atoms with E-state index in [1.165, 1.54) is 6.33 Å². The Kier molecular flexibility index (Phi) is 4.88. The Hall–Kier alpha value is -2.71. The summed E-state index contributed by atoms with van der Waals surface area (Å²) in [7, 11) is 1.62. The first-order chi connectivity index (χ1) is 11.7. The van der Waals surface area contributed by atoms with Crippen LogP contribution in [0.3, 0.4) is 0 Å². The number of fused-ring (bicyclic) bond motifs is 1. The second-order valence-electron chi connectivity index (χ2n) is 5.21. The number of hydrogen-bond acceptors (Lipinski definition) is 7. The van der Waals surface area contributed by atoms with Crippen LogP contribution >= 0.6 is 0 Å². The number of aryl methyl sites for hydroxylation is 1. The van der Waals surface area contributed by atoms with Gasteiger partial charge in [0.15, 0.2) is 0 Å². The Bertz CT molecular complexity index is 834. The van der Waals surface area contributed by atoms with E-state index in [1.807, 2.05) is 31.2 Å². The van der Waals surface area contributed by atoms with Gasteiger partial charge < -0.3 is 19.9 Å². The maximum Gasteiger partial charge on any atom is 0.254 e. The van der Waals surface area contributed by atoms with E-state index in [2.05, 4.69) is 20.4 Å². The zero-order valence-corrected chi connectivity index (χ0v) is 13.6. The molecule has 0 amide bonds. The van der Waals surface area contributed by atoms with Crippen LogP contribution in [0.5, 0.6) is 5.75 Å². The van der Waals surface area contributed by atoms with E-state index in [0.717, 1.165) is 28.5 Å². The van der Waals surface area contributed by atoms with Gasteiger partial charge >= 0.3 is 0 Å². The van der Waals surface area contributed by atoms with Crippen molar-refractivity contribution in [1.82, 2.24) is 19.6 Å². The van der Waals surface area contributed by atoms with Gasteiger partial charge in [0.1, 0.15) is 24.5 Å². The van der Waals surface area contributed by atoms with Gasteiger partial charge in [-0.25, -0.2) is 4.98 Å². The molecule has 1 aromatic carbocycles. The molecule has 0 radical (unpaired) electrons. The Morgan fingerprint density at radius 3 is 2.92 bits per heavy atom. The number of anilines is 2. The summed E-state index contributed by atoms with van der Waals surface area (Å²) >= 11 is 0. The van der Waals surface area contributed by atoms with Gasteiger partial charge in [-0.1, -0.05) is 0 Å². The van der Waals surface area contributed by atoms with Crippen molar-refractivity contribution in [2.45, 2.75) is 13.5 Å². The van der Waals surface area contributed by atoms with Crippen molar-refractivity contribution < 1.29 is 14.6 Å². The second kappa shape index (κ2) is 7.24. The first-order valence-electron chi connectivity index (χ1n) is 7.51. The molecule has 3 rings (SSSR count). The summed E-state index contributed by atoms with van der Waals surface area (Å²) < 4.78 is 12.2. The minimum atomic E-state index is -0.0109. The molecule has 0 bridgehead atoms. The maximum absolute atomic E-state index is 8.85. The third-order valence-corrected chi connectivity index (χ3v) is 3.39. The average Bonchev–Trinajstić information content (AvgIpc) is 3.03. The minimum Gasteiger partial charge on any atom is -0.491 e. The molecule has 2 aromatic heterocycles. The highest BCUT2D eigenvalue weighted by Gasteiger charge is 2.09. The van der Waals surface area contributed by atoms with Crippen molar-refractivity contribution in [2.24, 2.45) is 0 Å². The Balaban J connectivity index is 1.89. The fraction of sp³-hybridized carbons (Fsp3) is 0.312. The number of aliphatic hydroxyl groups excluding tert-OH is 1. The highest BCUT2D eigenvalue weighted by molar-refractivity contribution is 5.61. The lowest BCUT2D eigenvalue weighted by Gasteiger charge is -2.12. The van der Waals surface area contributed by atoms with Gasteiger partial charge in [-0.15, -0.1) is 0 Å². The van der Waals surface area contributed by atoms with E-state index >= 15 is 0 Å². The van der Waals surface area contributed by atoms with E-state index < -0.39 is 0 Å². The van der Waals surface area contributed by atoms with E-state index in [9.17, 15) is 0 Å². The number of benzene rings is 1. The molecule has 8 nitrogen and oxygen atoms in total. The zero-order valence-electron chi connectivity index (χ0n) is 13.6. The van der Waals surface area contributed by atoms with E-state index in [-0.39, 0.29) is 13.2 Å². The van der Waals surface area contributed by atoms with E-state index in [4.69, 9.17) is 14.6 Å². The number of aromatic nitrogens is 4. The summed E-state index contributed by atoms with van der Waals surface area (Å²) in [6.45, 7) is 2.61. The molecule has 8 heteroatoms. The molecule has 0 saturated carbocycles. The molecule has 24 heavy (non-hydrogen) atoms. The topological polar surface area (TPSA) is 93.8 Å². The van der Waals surface area contributed by atoms with Gasteiger partial charge in [0, 0.05) is 18.9 Å². The molecule has 0 spiro atoms. The van der Waals surface area contributed by atoms with E-state index in [0.29, 0.717) is 12.4 Å². The van der Waals surface area contributed by atoms with E-state index in [1.54, 1.807) is 11.6 Å². The van der Waals surface area contributed by atoms with Crippen LogP contribution in [-0.2, 0) is 11.3 Å². The van der Waals surface area contributed by atoms with Crippen molar-refractivity contribution in [3.8, 4) is 5.75 Å². The lowest BCUT2D eigenvalue weighted by molar-refractivity contribution is 0.181. The van der Waals surface area contributed by atoms with Crippen LogP contribution in [0.25, 0.3) is 5.78 Å². The van der Waals surface area contributed by atoms with Crippen molar-refractivity contribution in [3.05, 3.63) is 41.9 Å². The van der Waals surface area contributed by atoms with Crippen LogP contribution < -0.4 is 10.1 Å². The number of ether oxygens (including phenoxy) is 2. The molecular formula is C16H19N5O3. The van der Waals surface area contributed by atoms with Gasteiger partial charge in [0.25, 0.3) is 5.78 Å². The number of nitrogens with one attached hydrogen (secondary N) is 1. The van der Waals surface area contributed by atoms with Crippen LogP contribution in [0.15, 0.2) is 30.6 Å². The van der Waals surface area contributed by atoms with Gasteiger partial charge in [-0.2, -0.15) is 14.6 Å². The Morgan fingerprint density at radius 1 is 1.29 bits per heavy atom. The van der Waals surface area contributed by atoms with Crippen LogP contribution in [0, 0.1) is 6.92 Å². The maximum atomic E-state index is 8.85. The van der Waals surface area contributed by atoms with Crippen LogP contribution in [0.1, 0.15) is 11.3 Å². The highest BCUT2D eigenvalue weighted by atomic mass is 16.5. The van der Waals surface area contributed by atoms with Crippen molar-refractivity contribution in [1.29, 1.82) is 0 Å². The zero-order chi connectivity index (χ0) is 16.9. The molecule has 0 saturated heterocycles.